The molecule has 94 valence electrons. The molecule has 0 bridgehead atoms. The molecule has 0 N–H and O–H groups in total. The summed E-state index contributed by atoms with van der Waals surface area (Å²) >= 11 is 5.80. The maximum absolute atomic E-state index is 11.0. The van der Waals surface area contributed by atoms with Crippen LogP contribution >= 0.6 is 22.3 Å². The first-order valence-corrected chi connectivity index (χ1v) is 7.48. The van der Waals surface area contributed by atoms with Crippen molar-refractivity contribution >= 4 is 31.3 Å². The van der Waals surface area contributed by atoms with Crippen molar-refractivity contribution < 1.29 is 13.2 Å². The Labute approximate surface area is 114 Å². The van der Waals surface area contributed by atoms with Crippen LogP contribution in [-0.4, -0.2) is 13.4 Å². The van der Waals surface area contributed by atoms with Gasteiger partial charge in [-0.3, -0.25) is 0 Å². The summed E-state index contributed by atoms with van der Waals surface area (Å²) in [6.45, 7) is 0. The zero-order valence-electron chi connectivity index (χ0n) is 8.88. The van der Waals surface area contributed by atoms with Crippen LogP contribution in [-0.2, 0) is 9.05 Å². The summed E-state index contributed by atoms with van der Waals surface area (Å²) in [7, 11) is 1.40. The van der Waals surface area contributed by atoms with Gasteiger partial charge in [-0.2, -0.15) is 0 Å². The topological polar surface area (TPSA) is 56.3 Å². The molecular weight excluding hydrogens is 297 g/mol. The zero-order chi connectivity index (χ0) is 13.2. The number of hydrogen-bond donors (Lipinski definition) is 0. The average molecular weight is 304 g/mol. The molecule has 0 fully saturated rings. The van der Waals surface area contributed by atoms with Gasteiger partial charge in [-0.15, -0.1) is 0 Å². The highest BCUT2D eigenvalue weighted by atomic mass is 35.7. The van der Waals surface area contributed by atoms with Crippen LogP contribution in [0.15, 0.2) is 47.5 Å². The molecule has 0 atom stereocenters. The molecule has 0 aliphatic heterocycles. The fourth-order valence-electron chi connectivity index (χ4n) is 1.22. The Morgan fingerprint density at radius 3 is 2.50 bits per heavy atom. The van der Waals surface area contributed by atoms with Crippen LogP contribution in [0.25, 0.3) is 0 Å². The molecule has 0 saturated carbocycles. The second kappa shape index (κ2) is 5.14. The van der Waals surface area contributed by atoms with Crippen molar-refractivity contribution in [2.45, 2.75) is 4.90 Å². The van der Waals surface area contributed by atoms with Crippen LogP contribution in [0.1, 0.15) is 0 Å². The summed E-state index contributed by atoms with van der Waals surface area (Å²) in [6.07, 6.45) is 1.13. The minimum absolute atomic E-state index is 0.0809. The molecule has 1 aromatic carbocycles. The number of aromatic nitrogens is 1. The first kappa shape index (κ1) is 13.1. The second-order valence-corrected chi connectivity index (χ2v) is 6.33. The number of ether oxygens (including phenoxy) is 1. The van der Waals surface area contributed by atoms with Gasteiger partial charge in [-0.05, 0) is 24.3 Å². The normalized spacial score (nSPS) is 11.2. The SMILES string of the molecule is O=S(=O)(Cl)c1ccc(Oc2cccc(Cl)c2)nc1. The first-order chi connectivity index (χ1) is 8.45. The molecule has 7 heteroatoms. The standard InChI is InChI=1S/C11H7Cl2NO3S/c12-8-2-1-3-9(6-8)17-11-5-4-10(7-14-11)18(13,15)16/h1-7H. The highest BCUT2D eigenvalue weighted by molar-refractivity contribution is 8.13. The van der Waals surface area contributed by atoms with Crippen LogP contribution in [0.4, 0.5) is 0 Å². The van der Waals surface area contributed by atoms with Crippen molar-refractivity contribution in [1.82, 2.24) is 4.98 Å². The fourth-order valence-corrected chi connectivity index (χ4v) is 2.09. The Morgan fingerprint density at radius 1 is 1.17 bits per heavy atom. The quantitative estimate of drug-likeness (QED) is 0.815. The lowest BCUT2D eigenvalue weighted by Crippen LogP contribution is -1.93. The van der Waals surface area contributed by atoms with Gasteiger partial charge in [0.25, 0.3) is 9.05 Å². The summed E-state index contributed by atoms with van der Waals surface area (Å²) in [4.78, 5) is 3.76. The summed E-state index contributed by atoms with van der Waals surface area (Å²) in [5.41, 5.74) is 0. The number of hydrogen-bond acceptors (Lipinski definition) is 4. The number of halogens is 2. The van der Waals surface area contributed by atoms with E-state index in [0.717, 1.165) is 6.20 Å². The second-order valence-electron chi connectivity index (χ2n) is 3.33. The minimum atomic E-state index is -3.77. The molecule has 0 amide bonds. The smallest absolute Gasteiger partial charge is 0.262 e. The van der Waals surface area contributed by atoms with Crippen molar-refractivity contribution in [2.24, 2.45) is 0 Å². The van der Waals surface area contributed by atoms with E-state index >= 15 is 0 Å². The fraction of sp³-hybridized carbons (Fsp3) is 0. The van der Waals surface area contributed by atoms with E-state index in [1.54, 1.807) is 24.3 Å². The molecule has 0 saturated heterocycles. The van der Waals surface area contributed by atoms with Gasteiger partial charge in [0.05, 0.1) is 6.20 Å². The summed E-state index contributed by atoms with van der Waals surface area (Å²) in [5, 5.41) is 0.535. The predicted molar refractivity (Wildman–Crippen MR) is 68.8 cm³/mol. The number of rotatable bonds is 3. The van der Waals surface area contributed by atoms with Crippen molar-refractivity contribution in [3.63, 3.8) is 0 Å². The van der Waals surface area contributed by atoms with Gasteiger partial charge in [0.1, 0.15) is 10.6 Å². The van der Waals surface area contributed by atoms with E-state index in [2.05, 4.69) is 4.98 Å². The molecule has 1 heterocycles. The van der Waals surface area contributed by atoms with Gasteiger partial charge in [0, 0.05) is 21.8 Å². The minimum Gasteiger partial charge on any atom is -0.439 e. The van der Waals surface area contributed by atoms with Crippen LogP contribution in [0.3, 0.4) is 0 Å². The van der Waals surface area contributed by atoms with Crippen LogP contribution in [0.2, 0.25) is 5.02 Å². The monoisotopic (exact) mass is 303 g/mol. The molecule has 2 aromatic rings. The number of pyridine rings is 1. The van der Waals surface area contributed by atoms with Crippen molar-refractivity contribution in [3.8, 4) is 11.6 Å². The molecule has 0 aliphatic rings. The average Bonchev–Trinajstić information content (AvgIpc) is 2.28. The molecule has 0 aliphatic carbocycles. The van der Waals surface area contributed by atoms with E-state index in [9.17, 15) is 8.42 Å². The van der Waals surface area contributed by atoms with E-state index in [-0.39, 0.29) is 10.8 Å². The Kier molecular flexibility index (Phi) is 3.75. The Hall–Kier alpha value is -1.30. The van der Waals surface area contributed by atoms with Gasteiger partial charge in [-0.1, -0.05) is 17.7 Å². The van der Waals surface area contributed by atoms with Gasteiger partial charge in [-0.25, -0.2) is 13.4 Å². The lowest BCUT2D eigenvalue weighted by Gasteiger charge is -2.04. The van der Waals surface area contributed by atoms with Crippen molar-refractivity contribution in [1.29, 1.82) is 0 Å². The molecule has 0 spiro atoms. The molecule has 2 rings (SSSR count). The predicted octanol–water partition coefficient (Wildman–Crippen LogP) is 3.45. The number of nitrogens with zero attached hydrogens (tertiary/aromatic N) is 1. The Morgan fingerprint density at radius 2 is 1.94 bits per heavy atom. The Bertz CT molecular complexity index is 656. The highest BCUT2D eigenvalue weighted by Crippen LogP contribution is 2.23. The molecule has 1 aromatic heterocycles. The largest absolute Gasteiger partial charge is 0.439 e. The van der Waals surface area contributed by atoms with Gasteiger partial charge < -0.3 is 4.74 Å². The van der Waals surface area contributed by atoms with E-state index in [1.165, 1.54) is 12.1 Å². The van der Waals surface area contributed by atoms with Crippen molar-refractivity contribution in [2.75, 3.05) is 0 Å². The summed E-state index contributed by atoms with van der Waals surface area (Å²) in [5.74, 6) is 0.762. The van der Waals surface area contributed by atoms with E-state index in [4.69, 9.17) is 27.0 Å². The molecule has 18 heavy (non-hydrogen) atoms. The van der Waals surface area contributed by atoms with Crippen molar-refractivity contribution in [3.05, 3.63) is 47.6 Å². The highest BCUT2D eigenvalue weighted by Gasteiger charge is 2.10. The first-order valence-electron chi connectivity index (χ1n) is 4.79. The lowest BCUT2D eigenvalue weighted by molar-refractivity contribution is 0.462. The lowest BCUT2D eigenvalue weighted by atomic mass is 10.3. The maximum atomic E-state index is 11.0. The zero-order valence-corrected chi connectivity index (χ0v) is 11.2. The summed E-state index contributed by atoms with van der Waals surface area (Å²) in [6, 6.07) is 9.50. The van der Waals surface area contributed by atoms with Gasteiger partial charge in [0.15, 0.2) is 0 Å². The summed E-state index contributed by atoms with van der Waals surface area (Å²) < 4.78 is 27.4. The van der Waals surface area contributed by atoms with E-state index < -0.39 is 9.05 Å². The molecule has 0 radical (unpaired) electrons. The third-order valence-electron chi connectivity index (χ3n) is 2.01. The van der Waals surface area contributed by atoms with Crippen LogP contribution in [0, 0.1) is 0 Å². The molecule has 0 unspecified atom stereocenters. The van der Waals surface area contributed by atoms with Gasteiger partial charge >= 0.3 is 0 Å². The van der Waals surface area contributed by atoms with Gasteiger partial charge in [0.2, 0.25) is 5.88 Å². The maximum Gasteiger partial charge on any atom is 0.262 e. The van der Waals surface area contributed by atoms with Crippen LogP contribution < -0.4 is 4.74 Å². The molecular formula is C11H7Cl2NO3S. The molecule has 4 nitrogen and oxygen atoms in total. The third kappa shape index (κ3) is 3.35. The Balaban J connectivity index is 2.21. The van der Waals surface area contributed by atoms with E-state index in [0.29, 0.717) is 10.8 Å². The number of benzene rings is 1. The third-order valence-corrected chi connectivity index (χ3v) is 3.58. The van der Waals surface area contributed by atoms with E-state index in [1.807, 2.05) is 0 Å². The van der Waals surface area contributed by atoms with Crippen LogP contribution in [0.5, 0.6) is 11.6 Å².